The van der Waals surface area contributed by atoms with E-state index < -0.39 is 65.4 Å². The van der Waals surface area contributed by atoms with E-state index in [1.54, 1.807) is 73.7 Å². The number of likely N-dealkylation sites (N-methyl/N-ethyl adjacent to an activating group) is 1. The first kappa shape index (κ1) is 47.6. The molecule has 2 saturated heterocycles. The maximum atomic E-state index is 14.2. The molecular weight excluding hydrogens is 808 g/mol. The average Bonchev–Trinajstić information content (AvgIpc) is 3.87. The number of esters is 2. The first-order valence-electron chi connectivity index (χ1n) is 19.6. The number of nitrogens with zero attached hydrogens (tertiary/aromatic N) is 2. The zero-order valence-corrected chi connectivity index (χ0v) is 37.6. The van der Waals surface area contributed by atoms with Crippen LogP contribution in [0, 0.1) is 5.92 Å². The molecule has 2 amide bonds. The number of allylic oxidation sites excluding steroid dienone is 3. The van der Waals surface area contributed by atoms with E-state index in [4.69, 9.17) is 35.3 Å². The van der Waals surface area contributed by atoms with Gasteiger partial charge in [0.25, 0.3) is 0 Å². The van der Waals surface area contributed by atoms with Crippen molar-refractivity contribution in [3.8, 4) is 5.75 Å². The fourth-order valence-electron chi connectivity index (χ4n) is 7.40. The number of benzene rings is 1. The Labute approximate surface area is 355 Å². The van der Waals surface area contributed by atoms with Crippen LogP contribution in [-0.2, 0) is 49.3 Å². The second kappa shape index (κ2) is 20.5. The number of Topliss-reactive ketones (excluding diaryl/α,β-unsaturated/α-hetero) is 1. The van der Waals surface area contributed by atoms with Gasteiger partial charge in [-0.15, -0.1) is 0 Å². The molecule has 1 unspecified atom stereocenters. The Morgan fingerprint density at radius 3 is 2.53 bits per heavy atom. The summed E-state index contributed by atoms with van der Waals surface area (Å²) in [5.74, 6) is -1.47. The van der Waals surface area contributed by atoms with Gasteiger partial charge in [0.1, 0.15) is 52.1 Å². The number of carbonyl (C=O) groups excluding carboxylic acids is 5. The van der Waals surface area contributed by atoms with Crippen LogP contribution in [0.4, 0.5) is 5.69 Å². The van der Waals surface area contributed by atoms with Crippen molar-refractivity contribution >= 4 is 68.4 Å². The topological polar surface area (TPSA) is 162 Å². The summed E-state index contributed by atoms with van der Waals surface area (Å²) < 4.78 is 29.5. The van der Waals surface area contributed by atoms with E-state index in [-0.39, 0.29) is 47.6 Å². The summed E-state index contributed by atoms with van der Waals surface area (Å²) in [7, 11) is 9.24. The number of hydrogen-bond acceptors (Lipinski definition) is 13. The van der Waals surface area contributed by atoms with Gasteiger partial charge in [0.15, 0.2) is 0 Å². The number of halogens is 1. The second-order valence-corrected chi connectivity index (χ2v) is 19.2. The molecule has 0 aromatic heterocycles. The van der Waals surface area contributed by atoms with Crippen molar-refractivity contribution in [3.63, 3.8) is 0 Å². The first-order valence-corrected chi connectivity index (χ1v) is 22.3. The monoisotopic (exact) mass is 866 g/mol. The molecule has 3 aliphatic rings. The van der Waals surface area contributed by atoms with E-state index in [0.717, 1.165) is 17.6 Å². The van der Waals surface area contributed by atoms with Gasteiger partial charge in [0.05, 0.1) is 31.7 Å². The molecule has 1 N–H and O–H groups in total. The Balaban J connectivity index is 1.63. The number of fused-ring (bicyclic) bond motifs is 5. The van der Waals surface area contributed by atoms with Crippen molar-refractivity contribution in [2.75, 3.05) is 39.0 Å². The Morgan fingerprint density at radius 2 is 1.88 bits per heavy atom. The lowest BCUT2D eigenvalue weighted by molar-refractivity contribution is -0.187. The predicted octanol–water partition coefficient (Wildman–Crippen LogP) is 6.29. The predicted molar refractivity (Wildman–Crippen MR) is 226 cm³/mol. The molecule has 1 aromatic carbocycles. The summed E-state index contributed by atoms with van der Waals surface area (Å²) in [5, 5.41) is 12.4. The molecule has 9 atom stereocenters. The normalized spacial score (nSPS) is 30.2. The minimum Gasteiger partial charge on any atom is -0.495 e. The molecule has 16 heteroatoms. The highest BCUT2D eigenvalue weighted by atomic mass is 35.5. The summed E-state index contributed by atoms with van der Waals surface area (Å²) in [6, 6.07) is 2.60. The third-order valence-electron chi connectivity index (χ3n) is 11.3. The number of anilines is 1. The molecule has 13 nitrogen and oxygen atoms in total. The maximum Gasteiger partial charge on any atom is 0.328 e. The number of hydrogen-bond donors (Lipinski definition) is 1. The van der Waals surface area contributed by atoms with Gasteiger partial charge in [-0.2, -0.15) is 0 Å². The number of methoxy groups -OCH3 is 2. The first-order chi connectivity index (χ1) is 27.2. The molecule has 0 saturated carbocycles. The van der Waals surface area contributed by atoms with Gasteiger partial charge < -0.3 is 43.4 Å². The quantitative estimate of drug-likeness (QED) is 0.102. The largest absolute Gasteiger partial charge is 0.495 e. The molecule has 0 radical (unpaired) electrons. The highest BCUT2D eigenvalue weighted by molar-refractivity contribution is 8.76. The van der Waals surface area contributed by atoms with Gasteiger partial charge in [0.2, 0.25) is 11.8 Å². The van der Waals surface area contributed by atoms with Crippen LogP contribution in [0.2, 0.25) is 5.02 Å². The highest BCUT2D eigenvalue weighted by Gasteiger charge is 2.64. The molecule has 3 heterocycles. The molecule has 0 aliphatic carbocycles. The zero-order chi connectivity index (χ0) is 43.1. The molecule has 3 aliphatic heterocycles. The fourth-order valence-corrected chi connectivity index (χ4v) is 10.0. The highest BCUT2D eigenvalue weighted by Crippen LogP contribution is 2.50. The Bertz CT molecular complexity index is 1760. The lowest BCUT2D eigenvalue weighted by Crippen LogP contribution is -2.53. The van der Waals surface area contributed by atoms with Gasteiger partial charge in [-0.05, 0) is 58.2 Å². The smallest absolute Gasteiger partial charge is 0.328 e. The number of carbonyl (C=O) groups is 5. The molecule has 1 aromatic rings. The third kappa shape index (κ3) is 11.8. The van der Waals surface area contributed by atoms with Crippen LogP contribution in [0.5, 0.6) is 5.75 Å². The zero-order valence-electron chi connectivity index (χ0n) is 35.2. The van der Waals surface area contributed by atoms with Crippen molar-refractivity contribution < 1.29 is 52.8 Å². The van der Waals surface area contributed by atoms with Gasteiger partial charge in [-0.1, -0.05) is 70.8 Å². The van der Waals surface area contributed by atoms with Gasteiger partial charge in [-0.25, -0.2) is 4.79 Å². The maximum absolute atomic E-state index is 14.2. The Morgan fingerprint density at radius 1 is 1.17 bits per heavy atom. The standard InChI is InChI=1S/C42H59ClN2O11S2/c1-24-12-11-13-33(53-10)42(51)22-32(54-37(49)23-42)27(4)39-41(6,56-39)34(21-36(48)45(8)30-19-29(18-24)20-31(52-9)38(30)43)55-40(50)28(5)44(7)35(47)16-17-57-58-26(3)15-14-25(2)46/h11-13,19-20,26-28,32-34,39,51H,14-18,21-23H2,1-10H3/b13-11+,24-12+/t26?,27-,28+,32+,33-,34+,39+,41+,42-/m0/s1. The van der Waals surface area contributed by atoms with Crippen molar-refractivity contribution in [2.24, 2.45) is 5.92 Å². The second-order valence-electron chi connectivity index (χ2n) is 15.9. The minimum absolute atomic E-state index is 0.0513. The molecule has 2 fully saturated rings. The van der Waals surface area contributed by atoms with Gasteiger partial charge in [0, 0.05) is 57.4 Å². The summed E-state index contributed by atoms with van der Waals surface area (Å²) in [6.45, 7) is 10.7. The van der Waals surface area contributed by atoms with E-state index in [1.165, 1.54) is 31.1 Å². The lowest BCUT2D eigenvalue weighted by atomic mass is 9.78. The number of aliphatic hydroxyl groups is 1. The molecule has 0 spiro atoms. The molecule has 4 bridgehead atoms. The van der Waals surface area contributed by atoms with Crippen molar-refractivity contribution in [1.29, 1.82) is 0 Å². The third-order valence-corrected chi connectivity index (χ3v) is 14.7. The van der Waals surface area contributed by atoms with Crippen LogP contribution >= 0.6 is 33.2 Å². The fraction of sp³-hybridized carbons (Fsp3) is 0.643. The van der Waals surface area contributed by atoms with Crippen molar-refractivity contribution in [2.45, 2.75) is 133 Å². The number of rotatable bonds is 13. The number of epoxide rings is 1. The summed E-state index contributed by atoms with van der Waals surface area (Å²) in [6.07, 6.45) is 3.35. The van der Waals surface area contributed by atoms with Crippen LogP contribution in [0.25, 0.3) is 0 Å². The van der Waals surface area contributed by atoms with Crippen LogP contribution in [0.3, 0.4) is 0 Å². The van der Waals surface area contributed by atoms with E-state index in [0.29, 0.717) is 30.0 Å². The average molecular weight is 868 g/mol. The van der Waals surface area contributed by atoms with E-state index >= 15 is 0 Å². The molecule has 322 valence electrons. The summed E-state index contributed by atoms with van der Waals surface area (Å²) in [4.78, 5) is 68.4. The van der Waals surface area contributed by atoms with Gasteiger partial charge >= 0.3 is 11.9 Å². The number of ketones is 1. The van der Waals surface area contributed by atoms with Crippen LogP contribution in [-0.4, -0.2) is 121 Å². The summed E-state index contributed by atoms with van der Waals surface area (Å²) in [5.41, 5.74) is -0.652. The van der Waals surface area contributed by atoms with Crippen molar-refractivity contribution in [1.82, 2.24) is 4.90 Å². The summed E-state index contributed by atoms with van der Waals surface area (Å²) >= 11 is 6.79. The SMILES string of the molecule is COc1cc2cc(c1Cl)N(C)C(=O)C[C@@H](OC(=O)[C@@H](C)N(C)C(=O)CCSSC(C)CCC(C)=O)[C@@]1(C)O[C@@H]1[C@@H](C)[C@H]1C[C@](O)(CC(=O)O1)[C@@H](OC)/C=C/C=C(\C)C2. The van der Waals surface area contributed by atoms with E-state index in [2.05, 4.69) is 0 Å². The van der Waals surface area contributed by atoms with Crippen LogP contribution in [0.1, 0.15) is 85.6 Å². The molecule has 58 heavy (non-hydrogen) atoms. The van der Waals surface area contributed by atoms with E-state index in [9.17, 15) is 29.1 Å². The lowest BCUT2D eigenvalue weighted by Gasteiger charge is -2.41. The number of amides is 2. The van der Waals surface area contributed by atoms with Crippen LogP contribution < -0.4 is 9.64 Å². The Hall–Kier alpha value is -3.08. The van der Waals surface area contributed by atoms with E-state index in [1.807, 2.05) is 26.8 Å². The Kier molecular flexibility index (Phi) is 16.8. The molecular formula is C42H59ClN2O11S2. The van der Waals surface area contributed by atoms with Gasteiger partial charge in [-0.3, -0.25) is 14.4 Å². The number of ether oxygens (including phenoxy) is 5. The van der Waals surface area contributed by atoms with Crippen LogP contribution in [0.15, 0.2) is 35.9 Å². The molecule has 4 rings (SSSR count). The minimum atomic E-state index is -1.59. The van der Waals surface area contributed by atoms with Crippen molar-refractivity contribution in [3.05, 3.63) is 46.5 Å².